The summed E-state index contributed by atoms with van der Waals surface area (Å²) >= 11 is 0. The van der Waals surface area contributed by atoms with Crippen molar-refractivity contribution in [3.63, 3.8) is 0 Å². The maximum absolute atomic E-state index is 5.80. The Hall–Kier alpha value is -1.32. The Morgan fingerprint density at radius 3 is 2.95 bits per heavy atom. The lowest BCUT2D eigenvalue weighted by molar-refractivity contribution is 0.505. The van der Waals surface area contributed by atoms with E-state index >= 15 is 0 Å². The molecule has 0 amide bonds. The molecule has 3 rings (SSSR count). The molecule has 19 heavy (non-hydrogen) atoms. The average molecular weight is 258 g/mol. The first-order valence-corrected chi connectivity index (χ1v) is 7.24. The molecule has 1 saturated carbocycles. The molecule has 0 spiro atoms. The molecule has 1 aliphatic carbocycles. The molecule has 3 nitrogen and oxygen atoms in total. The molecule has 1 heterocycles. The molecule has 3 heteroatoms. The highest BCUT2D eigenvalue weighted by atomic mass is 16.3. The van der Waals surface area contributed by atoms with Crippen LogP contribution in [0.5, 0.6) is 0 Å². The number of rotatable bonds is 7. The van der Waals surface area contributed by atoms with Crippen molar-refractivity contribution < 1.29 is 4.42 Å². The topological polar surface area (TPSA) is 37.2 Å². The second-order valence-corrected chi connectivity index (χ2v) is 5.51. The molecule has 102 valence electrons. The van der Waals surface area contributed by atoms with Crippen LogP contribution >= 0.6 is 0 Å². The van der Waals surface area contributed by atoms with Crippen molar-refractivity contribution in [3.8, 4) is 0 Å². The van der Waals surface area contributed by atoms with E-state index in [9.17, 15) is 0 Å². The third-order valence-corrected chi connectivity index (χ3v) is 3.56. The van der Waals surface area contributed by atoms with Crippen LogP contribution in [0.2, 0.25) is 0 Å². The Bertz CT molecular complexity index is 543. The van der Waals surface area contributed by atoms with Crippen LogP contribution in [-0.2, 0) is 6.54 Å². The number of hydrogen-bond donors (Lipinski definition) is 2. The molecule has 2 aromatic rings. The van der Waals surface area contributed by atoms with Crippen molar-refractivity contribution >= 4 is 11.0 Å². The molecular formula is C16H22N2O. The van der Waals surface area contributed by atoms with Gasteiger partial charge < -0.3 is 15.1 Å². The molecule has 0 radical (unpaired) electrons. The Labute approximate surface area is 114 Å². The fraction of sp³-hybridized carbons (Fsp3) is 0.500. The highest BCUT2D eigenvalue weighted by Gasteiger charge is 2.19. The highest BCUT2D eigenvalue weighted by molar-refractivity contribution is 5.78. The van der Waals surface area contributed by atoms with Crippen molar-refractivity contribution in [2.75, 3.05) is 13.1 Å². The number of nitrogens with one attached hydrogen (secondary N) is 2. The van der Waals surface area contributed by atoms with Crippen LogP contribution in [0.25, 0.3) is 11.0 Å². The van der Waals surface area contributed by atoms with Crippen LogP contribution in [0.1, 0.15) is 30.6 Å². The lowest BCUT2D eigenvalue weighted by Crippen LogP contribution is -2.22. The number of hydrogen-bond acceptors (Lipinski definition) is 3. The minimum atomic E-state index is 0.817. The molecule has 1 fully saturated rings. The van der Waals surface area contributed by atoms with Gasteiger partial charge in [0.05, 0.1) is 6.54 Å². The van der Waals surface area contributed by atoms with Gasteiger partial charge in [-0.05, 0) is 57.5 Å². The smallest absolute Gasteiger partial charge is 0.134 e. The maximum Gasteiger partial charge on any atom is 0.134 e. The number of furan rings is 1. The normalized spacial score (nSPS) is 15.2. The molecule has 1 aromatic carbocycles. The van der Waals surface area contributed by atoms with Gasteiger partial charge in [-0.1, -0.05) is 11.6 Å². The first-order valence-electron chi connectivity index (χ1n) is 7.24. The summed E-state index contributed by atoms with van der Waals surface area (Å²) in [7, 11) is 0. The third-order valence-electron chi connectivity index (χ3n) is 3.56. The van der Waals surface area contributed by atoms with Gasteiger partial charge in [-0.15, -0.1) is 0 Å². The third kappa shape index (κ3) is 3.58. The molecule has 1 aromatic heterocycles. The molecule has 0 saturated heterocycles. The van der Waals surface area contributed by atoms with E-state index in [1.165, 1.54) is 30.2 Å². The maximum atomic E-state index is 5.80. The van der Waals surface area contributed by atoms with Crippen LogP contribution < -0.4 is 10.6 Å². The molecule has 0 atom stereocenters. The summed E-state index contributed by atoms with van der Waals surface area (Å²) in [4.78, 5) is 0. The summed E-state index contributed by atoms with van der Waals surface area (Å²) in [6.07, 6.45) is 3.91. The van der Waals surface area contributed by atoms with Crippen LogP contribution in [-0.4, -0.2) is 19.1 Å². The zero-order valence-electron chi connectivity index (χ0n) is 11.5. The lowest BCUT2D eigenvalue weighted by Gasteiger charge is -2.03. The fourth-order valence-electron chi connectivity index (χ4n) is 2.32. The van der Waals surface area contributed by atoms with E-state index in [0.717, 1.165) is 37.0 Å². The number of aryl methyl sites for hydroxylation is 1. The van der Waals surface area contributed by atoms with Gasteiger partial charge in [-0.2, -0.15) is 0 Å². The van der Waals surface area contributed by atoms with E-state index in [-0.39, 0.29) is 0 Å². The van der Waals surface area contributed by atoms with Crippen LogP contribution in [0.3, 0.4) is 0 Å². The largest absolute Gasteiger partial charge is 0.460 e. The molecular weight excluding hydrogens is 236 g/mol. The quantitative estimate of drug-likeness (QED) is 0.750. The zero-order valence-corrected chi connectivity index (χ0v) is 11.5. The van der Waals surface area contributed by atoms with Crippen molar-refractivity contribution in [3.05, 3.63) is 35.6 Å². The second-order valence-electron chi connectivity index (χ2n) is 5.51. The van der Waals surface area contributed by atoms with Gasteiger partial charge in [0.1, 0.15) is 11.3 Å². The van der Waals surface area contributed by atoms with Gasteiger partial charge in [-0.3, -0.25) is 0 Å². The SMILES string of the molecule is Cc1ccc2oc(CNCCCNC3CC3)cc2c1. The first kappa shape index (κ1) is 12.7. The summed E-state index contributed by atoms with van der Waals surface area (Å²) in [5, 5.41) is 8.16. The van der Waals surface area contributed by atoms with Crippen molar-refractivity contribution in [2.24, 2.45) is 0 Å². The number of benzene rings is 1. The lowest BCUT2D eigenvalue weighted by atomic mass is 10.2. The van der Waals surface area contributed by atoms with Crippen LogP contribution in [0, 0.1) is 6.92 Å². The van der Waals surface area contributed by atoms with Gasteiger partial charge in [0.2, 0.25) is 0 Å². The Balaban J connectivity index is 1.42. The van der Waals surface area contributed by atoms with Gasteiger partial charge in [0.25, 0.3) is 0 Å². The highest BCUT2D eigenvalue weighted by Crippen LogP contribution is 2.20. The standard InChI is InChI=1S/C16H22N2O/c1-12-3-6-16-13(9-12)10-15(19-16)11-17-7-2-8-18-14-4-5-14/h3,6,9-10,14,17-18H,2,4-5,7-8,11H2,1H3. The summed E-state index contributed by atoms with van der Waals surface area (Å²) in [6, 6.07) is 9.26. The Morgan fingerprint density at radius 1 is 1.21 bits per heavy atom. The van der Waals surface area contributed by atoms with E-state index < -0.39 is 0 Å². The summed E-state index contributed by atoms with van der Waals surface area (Å²) < 4.78 is 5.80. The molecule has 0 aliphatic heterocycles. The van der Waals surface area contributed by atoms with Gasteiger partial charge in [0, 0.05) is 11.4 Å². The van der Waals surface area contributed by atoms with Gasteiger partial charge >= 0.3 is 0 Å². The van der Waals surface area contributed by atoms with Crippen molar-refractivity contribution in [1.29, 1.82) is 0 Å². The molecule has 0 unspecified atom stereocenters. The van der Waals surface area contributed by atoms with Gasteiger partial charge in [-0.25, -0.2) is 0 Å². The minimum absolute atomic E-state index is 0.817. The Kier molecular flexibility index (Phi) is 3.85. The van der Waals surface area contributed by atoms with E-state index in [1.54, 1.807) is 0 Å². The molecule has 1 aliphatic rings. The van der Waals surface area contributed by atoms with Crippen molar-refractivity contribution in [2.45, 2.75) is 38.8 Å². The second kappa shape index (κ2) is 5.76. The summed E-state index contributed by atoms with van der Waals surface area (Å²) in [5.74, 6) is 1.02. The summed E-state index contributed by atoms with van der Waals surface area (Å²) in [5.41, 5.74) is 2.26. The van der Waals surface area contributed by atoms with E-state index in [1.807, 2.05) is 6.07 Å². The van der Waals surface area contributed by atoms with Crippen LogP contribution in [0.4, 0.5) is 0 Å². The minimum Gasteiger partial charge on any atom is -0.460 e. The van der Waals surface area contributed by atoms with Crippen molar-refractivity contribution in [1.82, 2.24) is 10.6 Å². The zero-order chi connectivity index (χ0) is 13.1. The Morgan fingerprint density at radius 2 is 2.11 bits per heavy atom. The first-order chi connectivity index (χ1) is 9.31. The monoisotopic (exact) mass is 258 g/mol. The number of fused-ring (bicyclic) bond motifs is 1. The van der Waals surface area contributed by atoms with E-state index in [0.29, 0.717) is 0 Å². The average Bonchev–Trinajstić information content (AvgIpc) is 3.13. The molecule has 2 N–H and O–H groups in total. The summed E-state index contributed by atoms with van der Waals surface area (Å²) in [6.45, 7) is 5.08. The predicted octanol–water partition coefficient (Wildman–Crippen LogP) is 2.97. The van der Waals surface area contributed by atoms with E-state index in [2.05, 4.69) is 35.8 Å². The van der Waals surface area contributed by atoms with E-state index in [4.69, 9.17) is 4.42 Å². The fourth-order valence-corrected chi connectivity index (χ4v) is 2.32. The van der Waals surface area contributed by atoms with Crippen LogP contribution in [0.15, 0.2) is 28.7 Å². The van der Waals surface area contributed by atoms with Gasteiger partial charge in [0.15, 0.2) is 0 Å². The predicted molar refractivity (Wildman–Crippen MR) is 78.3 cm³/mol. The molecule has 0 bridgehead atoms.